The Bertz CT molecular complexity index is 992. The van der Waals surface area contributed by atoms with Crippen molar-refractivity contribution in [1.29, 1.82) is 0 Å². The van der Waals surface area contributed by atoms with Gasteiger partial charge in [0.05, 0.1) is 0 Å². The molecule has 1 saturated carbocycles. The number of aromatic nitrogens is 2. The minimum Gasteiger partial charge on any atom is -0.440 e. The summed E-state index contributed by atoms with van der Waals surface area (Å²) in [6, 6.07) is 6.06. The van der Waals surface area contributed by atoms with Gasteiger partial charge in [0.15, 0.2) is 11.5 Å². The van der Waals surface area contributed by atoms with Gasteiger partial charge in [-0.1, -0.05) is 25.3 Å². The molecule has 5 nitrogen and oxygen atoms in total. The van der Waals surface area contributed by atoms with Gasteiger partial charge in [0.2, 0.25) is 0 Å². The first kappa shape index (κ1) is 17.2. The fraction of sp³-hybridized carbons (Fsp3) is 0.400. The van der Waals surface area contributed by atoms with Crippen LogP contribution in [0.1, 0.15) is 43.6 Å². The Morgan fingerprint density at radius 1 is 1.35 bits per heavy atom. The Morgan fingerprint density at radius 2 is 2.15 bits per heavy atom. The van der Waals surface area contributed by atoms with Gasteiger partial charge in [-0.15, -0.1) is 0 Å². The summed E-state index contributed by atoms with van der Waals surface area (Å²) in [6.07, 6.45) is 5.42. The summed E-state index contributed by atoms with van der Waals surface area (Å²) in [5, 5.41) is 0. The molecule has 0 amide bonds. The molecule has 3 aromatic rings. The smallest absolute Gasteiger partial charge is 0.253 e. The van der Waals surface area contributed by atoms with E-state index < -0.39 is 0 Å². The molecule has 1 aliphatic rings. The van der Waals surface area contributed by atoms with E-state index in [0.717, 1.165) is 58.0 Å². The minimum atomic E-state index is 0.0218. The lowest BCUT2D eigenvalue weighted by molar-refractivity contribution is 0.344. The van der Waals surface area contributed by atoms with Crippen molar-refractivity contribution in [1.82, 2.24) is 9.55 Å². The van der Waals surface area contributed by atoms with Crippen molar-refractivity contribution in [3.05, 3.63) is 46.2 Å². The number of rotatable bonds is 5. The van der Waals surface area contributed by atoms with Crippen LogP contribution < -0.4 is 10.3 Å². The fourth-order valence-electron chi connectivity index (χ4n) is 3.33. The summed E-state index contributed by atoms with van der Waals surface area (Å²) in [5.41, 5.74) is 5.35. The molecule has 1 aromatic carbocycles. The van der Waals surface area contributed by atoms with Gasteiger partial charge >= 0.3 is 0 Å². The van der Waals surface area contributed by atoms with E-state index in [2.05, 4.69) is 17.7 Å². The van der Waals surface area contributed by atoms with E-state index >= 15 is 0 Å². The van der Waals surface area contributed by atoms with Gasteiger partial charge in [-0.05, 0) is 38.0 Å². The van der Waals surface area contributed by atoms with Crippen molar-refractivity contribution in [2.75, 3.05) is 10.5 Å². The standard InChI is InChI=1S/C20H23N3O2S/c1-4-26-22-15-9-16(14-8-12(2)20(24)23(3)11-14)18-17(10-15)21-19(25-18)13-6-5-7-13/h8-11,13,22H,4-7H2,1-3H3. The van der Waals surface area contributed by atoms with Crippen LogP contribution in [0.4, 0.5) is 5.69 Å². The molecule has 0 bridgehead atoms. The minimum absolute atomic E-state index is 0.0218. The van der Waals surface area contributed by atoms with Gasteiger partial charge in [-0.3, -0.25) is 4.79 Å². The average Bonchev–Trinajstić information content (AvgIpc) is 2.98. The second-order valence-corrected chi connectivity index (χ2v) is 7.99. The number of nitrogens with one attached hydrogen (secondary N) is 1. The van der Waals surface area contributed by atoms with Gasteiger partial charge in [-0.2, -0.15) is 0 Å². The summed E-state index contributed by atoms with van der Waals surface area (Å²) >= 11 is 1.65. The molecule has 2 aromatic heterocycles. The number of anilines is 1. The number of pyridine rings is 1. The van der Waals surface area contributed by atoms with E-state index in [1.165, 1.54) is 6.42 Å². The maximum atomic E-state index is 12.1. The first-order valence-corrected chi connectivity index (χ1v) is 10.1. The average molecular weight is 369 g/mol. The normalized spacial score (nSPS) is 14.6. The van der Waals surface area contributed by atoms with E-state index in [0.29, 0.717) is 5.92 Å². The summed E-state index contributed by atoms with van der Waals surface area (Å²) in [5.74, 6) is 2.26. The van der Waals surface area contributed by atoms with Crippen molar-refractivity contribution < 1.29 is 4.42 Å². The third kappa shape index (κ3) is 3.03. The van der Waals surface area contributed by atoms with Crippen molar-refractivity contribution in [3.8, 4) is 11.1 Å². The van der Waals surface area contributed by atoms with Crippen LogP contribution in [-0.4, -0.2) is 15.3 Å². The maximum Gasteiger partial charge on any atom is 0.253 e. The summed E-state index contributed by atoms with van der Waals surface area (Å²) in [6.45, 7) is 3.95. The molecular weight excluding hydrogens is 346 g/mol. The van der Waals surface area contributed by atoms with Gasteiger partial charge < -0.3 is 13.7 Å². The second kappa shape index (κ2) is 6.83. The monoisotopic (exact) mass is 369 g/mol. The zero-order valence-electron chi connectivity index (χ0n) is 15.3. The van der Waals surface area contributed by atoms with Crippen LogP contribution in [0.5, 0.6) is 0 Å². The highest BCUT2D eigenvalue weighted by Gasteiger charge is 2.26. The molecular formula is C20H23N3O2S. The van der Waals surface area contributed by atoms with Gasteiger partial charge in [0.1, 0.15) is 5.52 Å². The zero-order chi connectivity index (χ0) is 18.3. The third-order valence-electron chi connectivity index (χ3n) is 4.97. The van der Waals surface area contributed by atoms with Crippen molar-refractivity contribution in [2.24, 2.45) is 7.05 Å². The van der Waals surface area contributed by atoms with Crippen LogP contribution in [0, 0.1) is 6.92 Å². The van der Waals surface area contributed by atoms with E-state index in [-0.39, 0.29) is 5.56 Å². The van der Waals surface area contributed by atoms with Gasteiger partial charge in [0, 0.05) is 47.3 Å². The Balaban J connectivity index is 1.90. The van der Waals surface area contributed by atoms with Gasteiger partial charge in [-0.25, -0.2) is 4.98 Å². The zero-order valence-corrected chi connectivity index (χ0v) is 16.2. The summed E-state index contributed by atoms with van der Waals surface area (Å²) in [4.78, 5) is 16.8. The van der Waals surface area contributed by atoms with Crippen molar-refractivity contribution in [3.63, 3.8) is 0 Å². The first-order valence-electron chi connectivity index (χ1n) is 9.06. The maximum absolute atomic E-state index is 12.1. The second-order valence-electron chi connectivity index (χ2n) is 6.91. The summed E-state index contributed by atoms with van der Waals surface area (Å²) < 4.78 is 11.2. The SMILES string of the molecule is CCSNc1cc(-c2cc(C)c(=O)n(C)c2)c2oc(C3CCC3)nc2c1. The largest absolute Gasteiger partial charge is 0.440 e. The Hall–Kier alpha value is -2.21. The molecule has 0 atom stereocenters. The van der Waals surface area contributed by atoms with Crippen LogP contribution in [0.3, 0.4) is 0 Å². The van der Waals surface area contributed by atoms with E-state index in [4.69, 9.17) is 9.40 Å². The van der Waals surface area contributed by atoms with Crippen LogP contribution >= 0.6 is 11.9 Å². The molecule has 26 heavy (non-hydrogen) atoms. The number of oxazole rings is 1. The molecule has 1 N–H and O–H groups in total. The van der Waals surface area contributed by atoms with E-state index in [9.17, 15) is 4.79 Å². The molecule has 0 aliphatic heterocycles. The van der Waals surface area contributed by atoms with Crippen molar-refractivity contribution >= 4 is 28.7 Å². The number of fused-ring (bicyclic) bond motifs is 1. The fourth-order valence-corrected chi connectivity index (χ4v) is 3.76. The quantitative estimate of drug-likeness (QED) is 0.652. The van der Waals surface area contributed by atoms with E-state index in [1.807, 2.05) is 25.3 Å². The molecule has 0 saturated heterocycles. The Morgan fingerprint density at radius 3 is 2.81 bits per heavy atom. The molecule has 1 fully saturated rings. The molecule has 1 aliphatic carbocycles. The highest BCUT2D eigenvalue weighted by molar-refractivity contribution is 8.00. The Kier molecular flexibility index (Phi) is 4.53. The molecule has 4 rings (SSSR count). The molecule has 0 spiro atoms. The number of nitrogens with zero attached hydrogens (tertiary/aromatic N) is 2. The lowest BCUT2D eigenvalue weighted by Gasteiger charge is -2.21. The predicted molar refractivity (Wildman–Crippen MR) is 108 cm³/mol. The lowest BCUT2D eigenvalue weighted by atomic mass is 9.85. The molecule has 136 valence electrons. The first-order chi connectivity index (χ1) is 12.6. The van der Waals surface area contributed by atoms with E-state index in [1.54, 1.807) is 23.6 Å². The number of aryl methyl sites for hydroxylation is 2. The predicted octanol–water partition coefficient (Wildman–Crippen LogP) is 4.85. The van der Waals surface area contributed by atoms with Crippen LogP contribution in [0.2, 0.25) is 0 Å². The van der Waals surface area contributed by atoms with Crippen LogP contribution in [-0.2, 0) is 7.05 Å². The van der Waals surface area contributed by atoms with Crippen molar-refractivity contribution in [2.45, 2.75) is 39.0 Å². The number of benzene rings is 1. The van der Waals surface area contributed by atoms with Crippen LogP contribution in [0.25, 0.3) is 22.2 Å². The van der Waals surface area contributed by atoms with Gasteiger partial charge in [0.25, 0.3) is 5.56 Å². The number of hydrogen-bond donors (Lipinski definition) is 1. The number of hydrogen-bond acceptors (Lipinski definition) is 5. The highest BCUT2D eigenvalue weighted by atomic mass is 32.2. The molecule has 2 heterocycles. The topological polar surface area (TPSA) is 60.1 Å². The third-order valence-corrected chi connectivity index (χ3v) is 5.64. The molecule has 6 heteroatoms. The summed E-state index contributed by atoms with van der Waals surface area (Å²) in [7, 11) is 1.78. The Labute approximate surface area is 156 Å². The highest BCUT2D eigenvalue weighted by Crippen LogP contribution is 2.40. The van der Waals surface area contributed by atoms with Crippen LogP contribution in [0.15, 0.2) is 33.6 Å². The molecule has 0 unspecified atom stereocenters. The lowest BCUT2D eigenvalue weighted by Crippen LogP contribution is -2.18. The molecule has 0 radical (unpaired) electrons.